The summed E-state index contributed by atoms with van der Waals surface area (Å²) in [7, 11) is 0. The fourth-order valence-electron chi connectivity index (χ4n) is 2.24. The maximum absolute atomic E-state index is 13.7. The minimum Gasteiger partial charge on any atom is -0.319 e. The van der Waals surface area contributed by atoms with Crippen LogP contribution in [-0.2, 0) is 0 Å². The molecule has 0 bridgehead atoms. The first-order chi connectivity index (χ1) is 11.5. The zero-order valence-corrected chi connectivity index (χ0v) is 13.8. The van der Waals surface area contributed by atoms with Crippen LogP contribution in [0.15, 0.2) is 42.5 Å². The van der Waals surface area contributed by atoms with Gasteiger partial charge < -0.3 is 5.32 Å². The summed E-state index contributed by atoms with van der Waals surface area (Å²) in [5, 5.41) is 11.0. The lowest BCUT2D eigenvalue weighted by Gasteiger charge is -2.07. The number of anilines is 1. The summed E-state index contributed by atoms with van der Waals surface area (Å²) in [4.78, 5) is 12.4. The summed E-state index contributed by atoms with van der Waals surface area (Å²) in [6.07, 6.45) is 0. The van der Waals surface area contributed by atoms with Gasteiger partial charge in [-0.15, -0.1) is 5.10 Å². The van der Waals surface area contributed by atoms with Crippen LogP contribution in [0.4, 0.5) is 10.1 Å². The van der Waals surface area contributed by atoms with E-state index in [1.165, 1.54) is 10.7 Å². The Morgan fingerprint density at radius 1 is 1.21 bits per heavy atom. The van der Waals surface area contributed by atoms with E-state index < -0.39 is 5.91 Å². The molecule has 0 saturated carbocycles. The van der Waals surface area contributed by atoms with E-state index in [1.807, 2.05) is 0 Å². The topological polar surface area (TPSA) is 59.8 Å². The first kappa shape index (κ1) is 16.1. The van der Waals surface area contributed by atoms with E-state index in [-0.39, 0.29) is 11.5 Å². The molecule has 0 aliphatic carbocycles. The van der Waals surface area contributed by atoms with Crippen LogP contribution >= 0.6 is 11.6 Å². The highest BCUT2D eigenvalue weighted by Gasteiger charge is 2.18. The Hall–Kier alpha value is -2.73. The number of rotatable bonds is 3. The number of carbonyl (C=O) groups excluding carboxylic acids is 1. The number of benzene rings is 2. The number of aromatic nitrogens is 3. The third-order valence-electron chi connectivity index (χ3n) is 3.63. The summed E-state index contributed by atoms with van der Waals surface area (Å²) >= 11 is 6.03. The second kappa shape index (κ2) is 6.41. The van der Waals surface area contributed by atoms with Gasteiger partial charge in [0.15, 0.2) is 5.69 Å². The molecule has 0 radical (unpaired) electrons. The van der Waals surface area contributed by atoms with E-state index >= 15 is 0 Å². The molecule has 2 aromatic carbocycles. The maximum atomic E-state index is 13.7. The lowest BCUT2D eigenvalue weighted by atomic mass is 10.2. The van der Waals surface area contributed by atoms with Gasteiger partial charge in [-0.3, -0.25) is 4.79 Å². The normalized spacial score (nSPS) is 10.7. The van der Waals surface area contributed by atoms with Crippen LogP contribution in [0.3, 0.4) is 0 Å². The van der Waals surface area contributed by atoms with Crippen molar-refractivity contribution < 1.29 is 9.18 Å². The van der Waals surface area contributed by atoms with Gasteiger partial charge in [-0.2, -0.15) is 0 Å². The zero-order valence-electron chi connectivity index (χ0n) is 13.0. The zero-order chi connectivity index (χ0) is 17.3. The van der Waals surface area contributed by atoms with Crippen molar-refractivity contribution in [3.63, 3.8) is 0 Å². The van der Waals surface area contributed by atoms with Gasteiger partial charge in [0.05, 0.1) is 22.1 Å². The Morgan fingerprint density at radius 3 is 2.67 bits per heavy atom. The van der Waals surface area contributed by atoms with Crippen LogP contribution in [0.1, 0.15) is 21.7 Å². The Morgan fingerprint density at radius 2 is 1.96 bits per heavy atom. The summed E-state index contributed by atoms with van der Waals surface area (Å²) < 4.78 is 15.2. The van der Waals surface area contributed by atoms with Gasteiger partial charge in [-0.25, -0.2) is 9.07 Å². The van der Waals surface area contributed by atoms with E-state index in [9.17, 15) is 9.18 Å². The number of hydrogen-bond acceptors (Lipinski definition) is 3. The fourth-order valence-corrected chi connectivity index (χ4v) is 2.42. The molecule has 7 heteroatoms. The number of nitrogens with zero attached hydrogens (tertiary/aromatic N) is 3. The van der Waals surface area contributed by atoms with Gasteiger partial charge in [0, 0.05) is 0 Å². The highest BCUT2D eigenvalue weighted by molar-refractivity contribution is 6.33. The molecule has 0 aliphatic rings. The molecule has 122 valence electrons. The van der Waals surface area contributed by atoms with E-state index in [2.05, 4.69) is 15.6 Å². The van der Waals surface area contributed by atoms with Crippen LogP contribution in [0.5, 0.6) is 0 Å². The van der Waals surface area contributed by atoms with Gasteiger partial charge >= 0.3 is 0 Å². The third kappa shape index (κ3) is 3.00. The Bertz CT molecular complexity index is 923. The van der Waals surface area contributed by atoms with Gasteiger partial charge in [-0.1, -0.05) is 35.0 Å². The second-order valence-electron chi connectivity index (χ2n) is 5.30. The van der Waals surface area contributed by atoms with Gasteiger partial charge in [0.2, 0.25) is 0 Å². The number of carbonyl (C=O) groups is 1. The van der Waals surface area contributed by atoms with Crippen LogP contribution < -0.4 is 5.32 Å². The molecule has 1 amide bonds. The Labute approximate surface area is 143 Å². The standard InChI is InChI=1S/C17H14ClFN4O/c1-10-7-8-12(9-14(10)19)23-11(2)16(21-22-23)17(24)20-15-6-4-3-5-13(15)18/h3-9H,1-2H3,(H,20,24). The van der Waals surface area contributed by atoms with Crippen molar-refractivity contribution in [2.45, 2.75) is 13.8 Å². The average molecular weight is 345 g/mol. The lowest BCUT2D eigenvalue weighted by molar-refractivity contribution is 0.102. The number of nitrogens with one attached hydrogen (secondary N) is 1. The van der Waals surface area contributed by atoms with Crippen molar-refractivity contribution in [3.05, 3.63) is 70.3 Å². The summed E-state index contributed by atoms with van der Waals surface area (Å²) in [6, 6.07) is 11.6. The van der Waals surface area contributed by atoms with Gasteiger partial charge in [-0.05, 0) is 43.7 Å². The van der Waals surface area contributed by atoms with Crippen LogP contribution in [0.25, 0.3) is 5.69 Å². The molecular weight excluding hydrogens is 331 g/mol. The van der Waals surface area contributed by atoms with Crippen LogP contribution in [0, 0.1) is 19.7 Å². The van der Waals surface area contributed by atoms with E-state index in [4.69, 9.17) is 11.6 Å². The lowest BCUT2D eigenvalue weighted by Crippen LogP contribution is -2.14. The minimum absolute atomic E-state index is 0.149. The molecule has 1 heterocycles. The molecule has 3 aromatic rings. The molecule has 0 fully saturated rings. The Kier molecular flexibility index (Phi) is 4.31. The van der Waals surface area contributed by atoms with Crippen LogP contribution in [-0.4, -0.2) is 20.9 Å². The smallest absolute Gasteiger partial charge is 0.278 e. The summed E-state index contributed by atoms with van der Waals surface area (Å²) in [6.45, 7) is 3.37. The predicted octanol–water partition coefficient (Wildman–Crippen LogP) is 3.93. The fraction of sp³-hybridized carbons (Fsp3) is 0.118. The van der Waals surface area contributed by atoms with Crippen molar-refractivity contribution in [1.29, 1.82) is 0 Å². The predicted molar refractivity (Wildman–Crippen MR) is 90.2 cm³/mol. The Balaban J connectivity index is 1.91. The van der Waals surface area contributed by atoms with E-state index in [1.54, 1.807) is 50.2 Å². The monoisotopic (exact) mass is 344 g/mol. The third-order valence-corrected chi connectivity index (χ3v) is 3.96. The first-order valence-corrected chi connectivity index (χ1v) is 7.60. The van der Waals surface area contributed by atoms with Gasteiger partial charge in [0.1, 0.15) is 5.82 Å². The van der Waals surface area contributed by atoms with Crippen molar-refractivity contribution in [2.75, 3.05) is 5.32 Å². The highest BCUT2D eigenvalue weighted by Crippen LogP contribution is 2.22. The summed E-state index contributed by atoms with van der Waals surface area (Å²) in [5.74, 6) is -0.774. The van der Waals surface area contributed by atoms with Crippen molar-refractivity contribution in [3.8, 4) is 5.69 Å². The molecule has 0 unspecified atom stereocenters. The SMILES string of the molecule is Cc1ccc(-n2nnc(C(=O)Nc3ccccc3Cl)c2C)cc1F. The number of aryl methyl sites for hydroxylation is 1. The molecule has 3 rings (SSSR count). The molecular formula is C17H14ClFN4O. The molecule has 1 aromatic heterocycles. The molecule has 24 heavy (non-hydrogen) atoms. The molecule has 0 saturated heterocycles. The number of hydrogen-bond donors (Lipinski definition) is 1. The van der Waals surface area contributed by atoms with E-state index in [0.29, 0.717) is 27.7 Å². The van der Waals surface area contributed by atoms with Crippen molar-refractivity contribution >= 4 is 23.2 Å². The van der Waals surface area contributed by atoms with E-state index in [0.717, 1.165) is 0 Å². The number of halogens is 2. The highest BCUT2D eigenvalue weighted by atomic mass is 35.5. The first-order valence-electron chi connectivity index (χ1n) is 7.22. The van der Waals surface area contributed by atoms with Gasteiger partial charge in [0.25, 0.3) is 5.91 Å². The second-order valence-corrected chi connectivity index (χ2v) is 5.71. The molecule has 0 spiro atoms. The minimum atomic E-state index is -0.431. The number of para-hydroxylation sites is 1. The average Bonchev–Trinajstić information content (AvgIpc) is 2.94. The van der Waals surface area contributed by atoms with Crippen molar-refractivity contribution in [1.82, 2.24) is 15.0 Å². The molecule has 0 atom stereocenters. The number of amides is 1. The quantitative estimate of drug-likeness (QED) is 0.783. The molecule has 5 nitrogen and oxygen atoms in total. The molecule has 0 aliphatic heterocycles. The largest absolute Gasteiger partial charge is 0.319 e. The maximum Gasteiger partial charge on any atom is 0.278 e. The summed E-state index contributed by atoms with van der Waals surface area (Å²) in [5.41, 5.74) is 2.17. The van der Waals surface area contributed by atoms with Crippen molar-refractivity contribution in [2.24, 2.45) is 0 Å². The van der Waals surface area contributed by atoms with Crippen LogP contribution in [0.2, 0.25) is 5.02 Å². The molecule has 1 N–H and O–H groups in total.